The number of rotatable bonds is 8. The Labute approximate surface area is 194 Å². The average molecular weight is 467 g/mol. The standard InChI is InChI=1S/C24H22FN3O6/c1-2-33-23(29)26-21-13-12-20(14-22(21)28(31)32)27(15-17-8-10-19(25)11-9-17)24(30)34-16-18-6-4-3-5-7-18/h3-14H,2,15-16H2,1H3,(H,26,29). The summed E-state index contributed by atoms with van der Waals surface area (Å²) in [4.78, 5) is 36.9. The van der Waals surface area contributed by atoms with Crippen LogP contribution in [0.15, 0.2) is 72.8 Å². The molecule has 3 aromatic rings. The van der Waals surface area contributed by atoms with Crippen LogP contribution in [0.25, 0.3) is 0 Å². The fourth-order valence-corrected chi connectivity index (χ4v) is 3.05. The number of nitro benzene ring substituents is 1. The van der Waals surface area contributed by atoms with Gasteiger partial charge in [-0.3, -0.25) is 20.3 Å². The Morgan fingerprint density at radius 3 is 2.35 bits per heavy atom. The maximum absolute atomic E-state index is 13.3. The predicted molar refractivity (Wildman–Crippen MR) is 123 cm³/mol. The number of carbonyl (C=O) groups is 2. The molecule has 0 saturated heterocycles. The highest BCUT2D eigenvalue weighted by Gasteiger charge is 2.24. The van der Waals surface area contributed by atoms with Crippen LogP contribution in [0.1, 0.15) is 18.1 Å². The third kappa shape index (κ3) is 6.52. The molecule has 176 valence electrons. The number of carbonyl (C=O) groups excluding carboxylic acids is 2. The Bertz CT molecular complexity index is 1160. The first-order chi connectivity index (χ1) is 16.4. The van der Waals surface area contributed by atoms with E-state index in [4.69, 9.17) is 9.47 Å². The number of amides is 2. The first-order valence-electron chi connectivity index (χ1n) is 10.3. The summed E-state index contributed by atoms with van der Waals surface area (Å²) < 4.78 is 23.5. The van der Waals surface area contributed by atoms with Gasteiger partial charge in [-0.1, -0.05) is 42.5 Å². The smallest absolute Gasteiger partial charge is 0.414 e. The van der Waals surface area contributed by atoms with E-state index in [1.165, 1.54) is 41.3 Å². The number of ether oxygens (including phenoxy) is 2. The van der Waals surface area contributed by atoms with Crippen LogP contribution in [-0.4, -0.2) is 23.7 Å². The first-order valence-corrected chi connectivity index (χ1v) is 10.3. The van der Waals surface area contributed by atoms with E-state index in [1.54, 1.807) is 31.2 Å². The van der Waals surface area contributed by atoms with Gasteiger partial charge in [0.05, 0.1) is 23.8 Å². The Balaban J connectivity index is 1.91. The molecule has 0 bridgehead atoms. The van der Waals surface area contributed by atoms with Gasteiger partial charge in [0.2, 0.25) is 0 Å². The minimum absolute atomic E-state index is 0.00974. The Hall–Kier alpha value is -4.47. The Morgan fingerprint density at radius 1 is 1.00 bits per heavy atom. The van der Waals surface area contributed by atoms with E-state index in [1.807, 2.05) is 6.07 Å². The molecule has 0 aliphatic rings. The summed E-state index contributed by atoms with van der Waals surface area (Å²) in [7, 11) is 0. The molecule has 0 unspecified atom stereocenters. The molecule has 0 aliphatic heterocycles. The van der Waals surface area contributed by atoms with Gasteiger partial charge >= 0.3 is 12.2 Å². The third-order valence-corrected chi connectivity index (χ3v) is 4.68. The molecule has 0 spiro atoms. The molecule has 1 N–H and O–H groups in total. The summed E-state index contributed by atoms with van der Waals surface area (Å²) in [6, 6.07) is 18.4. The summed E-state index contributed by atoms with van der Waals surface area (Å²) in [5, 5.41) is 14.0. The largest absolute Gasteiger partial charge is 0.450 e. The molecule has 0 saturated carbocycles. The minimum Gasteiger partial charge on any atom is -0.450 e. The number of hydrogen-bond acceptors (Lipinski definition) is 6. The zero-order valence-electron chi connectivity index (χ0n) is 18.3. The van der Waals surface area contributed by atoms with E-state index in [0.717, 1.165) is 11.6 Å². The van der Waals surface area contributed by atoms with Gasteiger partial charge in [0.1, 0.15) is 18.1 Å². The summed E-state index contributed by atoms with van der Waals surface area (Å²) in [6.45, 7) is 1.65. The highest BCUT2D eigenvalue weighted by atomic mass is 19.1. The molecule has 9 nitrogen and oxygen atoms in total. The summed E-state index contributed by atoms with van der Waals surface area (Å²) >= 11 is 0. The van der Waals surface area contributed by atoms with Crippen LogP contribution in [0, 0.1) is 15.9 Å². The fourth-order valence-electron chi connectivity index (χ4n) is 3.05. The number of nitrogens with one attached hydrogen (secondary N) is 1. The van der Waals surface area contributed by atoms with Crippen molar-refractivity contribution in [2.75, 3.05) is 16.8 Å². The van der Waals surface area contributed by atoms with Crippen LogP contribution in [0.3, 0.4) is 0 Å². The van der Waals surface area contributed by atoms with Gasteiger partial charge in [-0.05, 0) is 42.3 Å². The van der Waals surface area contributed by atoms with Crippen molar-refractivity contribution in [1.29, 1.82) is 0 Å². The first kappa shape index (κ1) is 24.2. The molecular weight excluding hydrogens is 445 g/mol. The second kappa shape index (κ2) is 11.4. The lowest BCUT2D eigenvalue weighted by molar-refractivity contribution is -0.383. The van der Waals surface area contributed by atoms with Crippen LogP contribution in [0.4, 0.5) is 31.0 Å². The molecule has 2 amide bonds. The van der Waals surface area contributed by atoms with Crippen LogP contribution in [0.5, 0.6) is 0 Å². The molecule has 3 rings (SSSR count). The maximum atomic E-state index is 13.3. The van der Waals surface area contributed by atoms with Gasteiger partial charge in [-0.2, -0.15) is 0 Å². The van der Waals surface area contributed by atoms with Crippen molar-refractivity contribution < 1.29 is 28.4 Å². The van der Waals surface area contributed by atoms with E-state index in [-0.39, 0.29) is 31.1 Å². The van der Waals surface area contributed by atoms with Crippen LogP contribution < -0.4 is 10.2 Å². The van der Waals surface area contributed by atoms with Gasteiger partial charge < -0.3 is 9.47 Å². The molecule has 0 fully saturated rings. The van der Waals surface area contributed by atoms with Gasteiger partial charge in [0.25, 0.3) is 5.69 Å². The number of nitro groups is 1. The Kier molecular flexibility index (Phi) is 8.11. The van der Waals surface area contributed by atoms with Gasteiger partial charge in [0, 0.05) is 6.07 Å². The molecule has 10 heteroatoms. The lowest BCUT2D eigenvalue weighted by atomic mass is 10.1. The van der Waals surface area contributed by atoms with Crippen LogP contribution in [-0.2, 0) is 22.6 Å². The summed E-state index contributed by atoms with van der Waals surface area (Å²) in [5.74, 6) is -0.438. The molecule has 0 heterocycles. The summed E-state index contributed by atoms with van der Waals surface area (Å²) in [6.07, 6.45) is -1.60. The molecule has 34 heavy (non-hydrogen) atoms. The van der Waals surface area contributed by atoms with E-state index < -0.39 is 28.6 Å². The number of halogens is 1. The zero-order chi connectivity index (χ0) is 24.5. The normalized spacial score (nSPS) is 10.3. The second-order valence-corrected chi connectivity index (χ2v) is 7.06. The Morgan fingerprint density at radius 2 is 1.71 bits per heavy atom. The van der Waals surface area contributed by atoms with E-state index in [2.05, 4.69) is 5.32 Å². The van der Waals surface area contributed by atoms with Gasteiger partial charge in [0.15, 0.2) is 0 Å². The molecule has 3 aromatic carbocycles. The van der Waals surface area contributed by atoms with E-state index in [0.29, 0.717) is 5.56 Å². The minimum atomic E-state index is -0.844. The van der Waals surface area contributed by atoms with Crippen molar-refractivity contribution in [3.63, 3.8) is 0 Å². The fraction of sp³-hybridized carbons (Fsp3) is 0.167. The van der Waals surface area contributed by atoms with Crippen molar-refractivity contribution in [2.24, 2.45) is 0 Å². The van der Waals surface area contributed by atoms with Crippen molar-refractivity contribution in [3.05, 3.63) is 99.9 Å². The van der Waals surface area contributed by atoms with Crippen molar-refractivity contribution >= 4 is 29.2 Å². The van der Waals surface area contributed by atoms with Crippen LogP contribution in [0.2, 0.25) is 0 Å². The third-order valence-electron chi connectivity index (χ3n) is 4.68. The number of hydrogen-bond donors (Lipinski definition) is 1. The van der Waals surface area contributed by atoms with Crippen molar-refractivity contribution in [1.82, 2.24) is 0 Å². The highest BCUT2D eigenvalue weighted by Crippen LogP contribution is 2.31. The van der Waals surface area contributed by atoms with Gasteiger partial charge in [-0.15, -0.1) is 0 Å². The lowest BCUT2D eigenvalue weighted by Gasteiger charge is -2.23. The topological polar surface area (TPSA) is 111 Å². The lowest BCUT2D eigenvalue weighted by Crippen LogP contribution is -2.31. The van der Waals surface area contributed by atoms with Gasteiger partial charge in [-0.25, -0.2) is 14.0 Å². The number of anilines is 2. The highest BCUT2D eigenvalue weighted by molar-refractivity contribution is 5.92. The van der Waals surface area contributed by atoms with Crippen LogP contribution >= 0.6 is 0 Å². The molecule has 0 aliphatic carbocycles. The zero-order valence-corrected chi connectivity index (χ0v) is 18.3. The maximum Gasteiger partial charge on any atom is 0.414 e. The van der Waals surface area contributed by atoms with E-state index in [9.17, 15) is 24.1 Å². The molecule has 0 aromatic heterocycles. The predicted octanol–water partition coefficient (Wildman–Crippen LogP) is 5.65. The molecule has 0 radical (unpaired) electrons. The summed E-state index contributed by atoms with van der Waals surface area (Å²) in [5.41, 5.74) is 0.965. The van der Waals surface area contributed by atoms with Crippen molar-refractivity contribution in [3.8, 4) is 0 Å². The molecule has 0 atom stereocenters. The SMILES string of the molecule is CCOC(=O)Nc1ccc(N(Cc2ccc(F)cc2)C(=O)OCc2ccccc2)cc1[N+](=O)[O-]. The van der Waals surface area contributed by atoms with Crippen molar-refractivity contribution in [2.45, 2.75) is 20.1 Å². The quantitative estimate of drug-likeness (QED) is 0.339. The molecular formula is C24H22FN3O6. The average Bonchev–Trinajstić information content (AvgIpc) is 2.83. The second-order valence-electron chi connectivity index (χ2n) is 7.06. The monoisotopic (exact) mass is 467 g/mol. The number of nitrogens with zero attached hydrogens (tertiary/aromatic N) is 2. The van der Waals surface area contributed by atoms with E-state index >= 15 is 0 Å². The number of benzene rings is 3.